The molecular weight excluding hydrogens is 371 g/mol. The largest absolute Gasteiger partial charge is 0.481 e. The minimum Gasteiger partial charge on any atom is -0.481 e. The minimum absolute atomic E-state index is 0.0568. The number of halogens is 2. The molecule has 0 fully saturated rings. The molecule has 0 aliphatic carbocycles. The average Bonchev–Trinajstić information content (AvgIpc) is 2.51. The van der Waals surface area contributed by atoms with Gasteiger partial charge < -0.3 is 10.4 Å². The third kappa shape index (κ3) is 5.19. The molecule has 0 saturated heterocycles. The fourth-order valence-electron chi connectivity index (χ4n) is 1.86. The zero-order chi connectivity index (χ0) is 17.7. The first-order valence-electron chi connectivity index (χ1n) is 6.73. The van der Waals surface area contributed by atoms with Crippen LogP contribution < -0.4 is 10.6 Å². The molecule has 2 aromatic rings. The highest BCUT2D eigenvalue weighted by atomic mass is 35.5. The highest BCUT2D eigenvalue weighted by molar-refractivity contribution is 7.80. The van der Waals surface area contributed by atoms with Gasteiger partial charge in [-0.3, -0.25) is 14.9 Å². The predicted octanol–water partition coefficient (Wildman–Crippen LogP) is 3.75. The maximum atomic E-state index is 12.1. The second kappa shape index (κ2) is 8.10. The SMILES string of the molecule is O=C(O)Cc1ccc(NC(=S)NC(=O)c2ccc(Cl)c(Cl)c2)cc1. The Kier molecular flexibility index (Phi) is 6.14. The van der Waals surface area contributed by atoms with Crippen LogP contribution in [0, 0.1) is 0 Å². The standard InChI is InChI=1S/C16H12Cl2N2O3S/c17-12-6-3-10(8-13(12)18)15(23)20-16(24)19-11-4-1-9(2-5-11)7-14(21)22/h1-6,8H,7H2,(H,21,22)(H2,19,20,23,24). The molecule has 8 heteroatoms. The van der Waals surface area contributed by atoms with Crippen LogP contribution in [0.2, 0.25) is 10.0 Å². The molecular formula is C16H12Cl2N2O3S. The van der Waals surface area contributed by atoms with Gasteiger partial charge in [0.05, 0.1) is 16.5 Å². The van der Waals surface area contributed by atoms with Crippen LogP contribution in [0.25, 0.3) is 0 Å². The van der Waals surface area contributed by atoms with E-state index in [0.717, 1.165) is 0 Å². The van der Waals surface area contributed by atoms with Crippen molar-refractivity contribution >= 4 is 58.1 Å². The van der Waals surface area contributed by atoms with Crippen molar-refractivity contribution in [2.45, 2.75) is 6.42 Å². The molecule has 0 radical (unpaired) electrons. The summed E-state index contributed by atoms with van der Waals surface area (Å²) in [7, 11) is 0. The summed E-state index contributed by atoms with van der Waals surface area (Å²) in [6, 6.07) is 11.2. The van der Waals surface area contributed by atoms with Gasteiger partial charge >= 0.3 is 5.97 Å². The number of hydrogen-bond acceptors (Lipinski definition) is 3. The Morgan fingerprint density at radius 1 is 1.04 bits per heavy atom. The van der Waals surface area contributed by atoms with E-state index in [2.05, 4.69) is 10.6 Å². The molecule has 1 amide bonds. The van der Waals surface area contributed by atoms with Crippen molar-refractivity contribution in [3.8, 4) is 0 Å². The lowest BCUT2D eigenvalue weighted by Gasteiger charge is -2.10. The molecule has 2 rings (SSSR count). The highest BCUT2D eigenvalue weighted by Crippen LogP contribution is 2.22. The number of carbonyl (C=O) groups is 2. The van der Waals surface area contributed by atoms with Crippen LogP contribution >= 0.6 is 35.4 Å². The van der Waals surface area contributed by atoms with Crippen molar-refractivity contribution in [1.29, 1.82) is 0 Å². The smallest absolute Gasteiger partial charge is 0.307 e. The summed E-state index contributed by atoms with van der Waals surface area (Å²) < 4.78 is 0. The fourth-order valence-corrected chi connectivity index (χ4v) is 2.36. The molecule has 0 spiro atoms. The second-order valence-electron chi connectivity index (χ2n) is 4.80. The molecule has 0 aliphatic heterocycles. The Bertz CT molecular complexity index is 794. The van der Waals surface area contributed by atoms with Crippen molar-refractivity contribution in [1.82, 2.24) is 5.32 Å². The topological polar surface area (TPSA) is 78.4 Å². The van der Waals surface area contributed by atoms with Gasteiger partial charge in [-0.05, 0) is 48.1 Å². The molecule has 3 N–H and O–H groups in total. The maximum absolute atomic E-state index is 12.1. The van der Waals surface area contributed by atoms with Crippen molar-refractivity contribution in [3.05, 3.63) is 63.6 Å². The number of aliphatic carboxylic acids is 1. The Balaban J connectivity index is 1.96. The van der Waals surface area contributed by atoms with Crippen LogP contribution in [0.4, 0.5) is 5.69 Å². The zero-order valence-electron chi connectivity index (χ0n) is 12.2. The third-order valence-electron chi connectivity index (χ3n) is 2.98. The summed E-state index contributed by atoms with van der Waals surface area (Å²) >= 11 is 16.8. The van der Waals surface area contributed by atoms with Gasteiger partial charge in [-0.15, -0.1) is 0 Å². The minimum atomic E-state index is -0.903. The number of carbonyl (C=O) groups excluding carboxylic acids is 1. The van der Waals surface area contributed by atoms with Crippen molar-refractivity contribution in [3.63, 3.8) is 0 Å². The van der Waals surface area contributed by atoms with Gasteiger partial charge in [-0.2, -0.15) is 0 Å². The van der Waals surface area contributed by atoms with Crippen LogP contribution in [0.5, 0.6) is 0 Å². The van der Waals surface area contributed by atoms with E-state index in [1.807, 2.05) is 0 Å². The van der Waals surface area contributed by atoms with E-state index in [0.29, 0.717) is 21.8 Å². The molecule has 0 atom stereocenters. The number of anilines is 1. The lowest BCUT2D eigenvalue weighted by Crippen LogP contribution is -2.34. The molecule has 0 bridgehead atoms. The molecule has 5 nitrogen and oxygen atoms in total. The molecule has 0 aromatic heterocycles. The first-order valence-corrected chi connectivity index (χ1v) is 7.89. The Labute approximate surface area is 153 Å². The van der Waals surface area contributed by atoms with Gasteiger partial charge in [-0.25, -0.2) is 0 Å². The van der Waals surface area contributed by atoms with Crippen LogP contribution in [-0.4, -0.2) is 22.1 Å². The Hall–Kier alpha value is -2.15. The number of amides is 1. The maximum Gasteiger partial charge on any atom is 0.307 e. The van der Waals surface area contributed by atoms with Crippen molar-refractivity contribution < 1.29 is 14.7 Å². The number of rotatable bonds is 4. The monoisotopic (exact) mass is 382 g/mol. The lowest BCUT2D eigenvalue weighted by atomic mass is 10.1. The molecule has 0 heterocycles. The molecule has 0 aliphatic rings. The van der Waals surface area contributed by atoms with Gasteiger partial charge in [0, 0.05) is 11.3 Å². The average molecular weight is 383 g/mol. The van der Waals surface area contributed by atoms with E-state index in [9.17, 15) is 9.59 Å². The normalized spacial score (nSPS) is 10.1. The number of thiocarbonyl (C=S) groups is 1. The number of hydrogen-bond donors (Lipinski definition) is 3. The molecule has 2 aromatic carbocycles. The molecule has 0 saturated carbocycles. The number of benzene rings is 2. The van der Waals surface area contributed by atoms with Crippen LogP contribution in [-0.2, 0) is 11.2 Å². The summed E-state index contributed by atoms with van der Waals surface area (Å²) in [5.41, 5.74) is 1.62. The first kappa shape index (κ1) is 18.2. The zero-order valence-corrected chi connectivity index (χ0v) is 14.5. The molecule has 124 valence electrons. The van der Waals surface area contributed by atoms with E-state index in [-0.39, 0.29) is 16.6 Å². The van der Waals surface area contributed by atoms with E-state index < -0.39 is 11.9 Å². The summed E-state index contributed by atoms with van der Waals surface area (Å²) in [4.78, 5) is 22.7. The lowest BCUT2D eigenvalue weighted by molar-refractivity contribution is -0.136. The van der Waals surface area contributed by atoms with E-state index in [1.54, 1.807) is 24.3 Å². The Morgan fingerprint density at radius 3 is 2.29 bits per heavy atom. The Morgan fingerprint density at radius 2 is 1.71 bits per heavy atom. The van der Waals surface area contributed by atoms with Crippen molar-refractivity contribution in [2.24, 2.45) is 0 Å². The fraction of sp³-hybridized carbons (Fsp3) is 0.0625. The number of nitrogens with one attached hydrogen (secondary N) is 2. The number of carboxylic acids is 1. The van der Waals surface area contributed by atoms with Gasteiger partial charge in [0.25, 0.3) is 5.91 Å². The second-order valence-corrected chi connectivity index (χ2v) is 6.03. The summed E-state index contributed by atoms with van der Waals surface area (Å²) in [5.74, 6) is -1.33. The van der Waals surface area contributed by atoms with Crippen LogP contribution in [0.1, 0.15) is 15.9 Å². The summed E-state index contributed by atoms with van der Waals surface area (Å²) in [5, 5.41) is 14.8. The number of carboxylic acid groups (broad SMARTS) is 1. The quantitative estimate of drug-likeness (QED) is 0.701. The van der Waals surface area contributed by atoms with E-state index >= 15 is 0 Å². The summed E-state index contributed by atoms with van der Waals surface area (Å²) in [6.07, 6.45) is -0.0568. The van der Waals surface area contributed by atoms with Gasteiger partial charge in [-0.1, -0.05) is 35.3 Å². The van der Waals surface area contributed by atoms with Gasteiger partial charge in [0.15, 0.2) is 5.11 Å². The van der Waals surface area contributed by atoms with Gasteiger partial charge in [0.1, 0.15) is 0 Å². The van der Waals surface area contributed by atoms with Crippen LogP contribution in [0.15, 0.2) is 42.5 Å². The van der Waals surface area contributed by atoms with Crippen molar-refractivity contribution in [2.75, 3.05) is 5.32 Å². The van der Waals surface area contributed by atoms with Crippen LogP contribution in [0.3, 0.4) is 0 Å². The predicted molar refractivity (Wildman–Crippen MR) is 97.9 cm³/mol. The van der Waals surface area contributed by atoms with E-state index in [4.69, 9.17) is 40.5 Å². The third-order valence-corrected chi connectivity index (χ3v) is 3.92. The summed E-state index contributed by atoms with van der Waals surface area (Å²) in [6.45, 7) is 0. The van der Waals surface area contributed by atoms with E-state index in [1.165, 1.54) is 18.2 Å². The highest BCUT2D eigenvalue weighted by Gasteiger charge is 2.10. The molecule has 0 unspecified atom stereocenters. The van der Waals surface area contributed by atoms with Gasteiger partial charge in [0.2, 0.25) is 0 Å². The molecule has 24 heavy (non-hydrogen) atoms. The first-order chi connectivity index (χ1) is 11.3.